The van der Waals surface area contributed by atoms with Crippen molar-refractivity contribution in [3.63, 3.8) is 0 Å². The summed E-state index contributed by atoms with van der Waals surface area (Å²) in [6.07, 6.45) is -0.0115. The maximum Gasteiger partial charge on any atom is 0.0922 e. The second-order valence-corrected chi connectivity index (χ2v) is 8.89. The second-order valence-electron chi connectivity index (χ2n) is 7.20. The minimum atomic E-state index is -0.0115. The average molecular weight is 466 g/mol. The van der Waals surface area contributed by atoms with Crippen molar-refractivity contribution >= 4 is 46.4 Å². The van der Waals surface area contributed by atoms with E-state index in [9.17, 15) is 0 Å². The topological polar surface area (TPSA) is 6.48 Å². The Kier molecular flexibility index (Phi) is 6.70. The third kappa shape index (κ3) is 4.91. The van der Waals surface area contributed by atoms with E-state index in [-0.39, 0.29) is 6.17 Å². The molecule has 0 unspecified atom stereocenters. The van der Waals surface area contributed by atoms with E-state index in [1.165, 1.54) is 11.1 Å². The lowest BCUT2D eigenvalue weighted by atomic mass is 10.1. The fourth-order valence-corrected chi connectivity index (χ4v) is 4.68. The Hall–Kier alpha value is -1.26. The van der Waals surface area contributed by atoms with Crippen molar-refractivity contribution in [2.45, 2.75) is 19.3 Å². The molecule has 6 heteroatoms. The fourth-order valence-electron chi connectivity index (χ4n) is 3.83. The zero-order valence-electron chi connectivity index (χ0n) is 15.7. The minimum Gasteiger partial charge on any atom is -0.278 e. The smallest absolute Gasteiger partial charge is 0.0922 e. The molecule has 0 saturated carbocycles. The van der Waals surface area contributed by atoms with Gasteiger partial charge in [0.2, 0.25) is 0 Å². The lowest BCUT2D eigenvalue weighted by molar-refractivity contribution is 0.126. The summed E-state index contributed by atoms with van der Waals surface area (Å²) in [6.45, 7) is 3.42. The third-order valence-corrected chi connectivity index (χ3v) is 6.39. The standard InChI is InChI=1S/C23H20Cl4N2/c24-18-8-4-16(5-9-18)14-28-12-13-29(15-17-6-10-19(25)11-7-17)23(28)22-20(26)2-1-3-21(22)27/h1-11,23H,12-15H2. The monoisotopic (exact) mass is 464 g/mol. The van der Waals surface area contributed by atoms with Gasteiger partial charge in [0.05, 0.1) is 6.17 Å². The van der Waals surface area contributed by atoms with Gasteiger partial charge >= 0.3 is 0 Å². The number of halogens is 4. The van der Waals surface area contributed by atoms with Crippen LogP contribution in [0.2, 0.25) is 20.1 Å². The minimum absolute atomic E-state index is 0.0115. The first kappa shape index (κ1) is 21.0. The summed E-state index contributed by atoms with van der Waals surface area (Å²) in [5.41, 5.74) is 3.36. The number of hydrogen-bond donors (Lipinski definition) is 0. The van der Waals surface area contributed by atoms with Gasteiger partial charge in [0.1, 0.15) is 0 Å². The van der Waals surface area contributed by atoms with E-state index in [2.05, 4.69) is 34.1 Å². The molecule has 3 aromatic carbocycles. The van der Waals surface area contributed by atoms with E-state index < -0.39 is 0 Å². The van der Waals surface area contributed by atoms with Crippen molar-refractivity contribution in [2.24, 2.45) is 0 Å². The number of hydrogen-bond acceptors (Lipinski definition) is 2. The van der Waals surface area contributed by atoms with Gasteiger partial charge in [0.15, 0.2) is 0 Å². The molecule has 0 atom stereocenters. The first-order chi connectivity index (χ1) is 14.0. The van der Waals surface area contributed by atoms with Gasteiger partial charge in [-0.15, -0.1) is 0 Å². The van der Waals surface area contributed by atoms with E-state index in [4.69, 9.17) is 46.4 Å². The van der Waals surface area contributed by atoms with Gasteiger partial charge in [-0.2, -0.15) is 0 Å². The SMILES string of the molecule is Clc1ccc(CN2CCN(Cc3ccc(Cl)cc3)C2c2c(Cl)cccc2Cl)cc1. The maximum absolute atomic E-state index is 6.62. The van der Waals surface area contributed by atoms with Crippen LogP contribution < -0.4 is 0 Å². The Bertz CT molecular complexity index is 897. The molecule has 3 aromatic rings. The molecule has 0 amide bonds. The maximum atomic E-state index is 6.62. The van der Waals surface area contributed by atoms with Crippen LogP contribution >= 0.6 is 46.4 Å². The van der Waals surface area contributed by atoms with Crippen LogP contribution in [0.3, 0.4) is 0 Å². The third-order valence-electron chi connectivity index (χ3n) is 5.22. The molecule has 29 heavy (non-hydrogen) atoms. The highest BCUT2D eigenvalue weighted by molar-refractivity contribution is 6.36. The van der Waals surface area contributed by atoms with Crippen LogP contribution in [-0.4, -0.2) is 22.9 Å². The predicted molar refractivity (Wildman–Crippen MR) is 123 cm³/mol. The van der Waals surface area contributed by atoms with Crippen LogP contribution in [0, 0.1) is 0 Å². The van der Waals surface area contributed by atoms with E-state index >= 15 is 0 Å². The molecule has 1 heterocycles. The summed E-state index contributed by atoms with van der Waals surface area (Å²) in [5.74, 6) is 0. The molecule has 0 spiro atoms. The molecule has 1 fully saturated rings. The highest BCUT2D eigenvalue weighted by atomic mass is 35.5. The number of rotatable bonds is 5. The van der Waals surface area contributed by atoms with Crippen LogP contribution in [0.25, 0.3) is 0 Å². The molecule has 0 aliphatic carbocycles. The zero-order chi connectivity index (χ0) is 20.4. The second kappa shape index (κ2) is 9.26. The van der Waals surface area contributed by atoms with Gasteiger partial charge in [-0.3, -0.25) is 9.80 Å². The van der Waals surface area contributed by atoms with Gasteiger partial charge in [-0.25, -0.2) is 0 Å². The first-order valence-corrected chi connectivity index (χ1v) is 10.9. The van der Waals surface area contributed by atoms with Crippen molar-refractivity contribution in [1.29, 1.82) is 0 Å². The van der Waals surface area contributed by atoms with Gasteiger partial charge in [0, 0.05) is 51.8 Å². The Labute approximate surface area is 191 Å². The van der Waals surface area contributed by atoms with Crippen LogP contribution in [0.15, 0.2) is 66.7 Å². The van der Waals surface area contributed by atoms with Crippen LogP contribution in [0.4, 0.5) is 0 Å². The van der Waals surface area contributed by atoms with Crippen molar-refractivity contribution < 1.29 is 0 Å². The Morgan fingerprint density at radius 1 is 0.621 bits per heavy atom. The molecule has 0 bridgehead atoms. The highest BCUT2D eigenvalue weighted by Crippen LogP contribution is 2.40. The quantitative estimate of drug-likeness (QED) is 0.389. The van der Waals surface area contributed by atoms with Crippen molar-refractivity contribution in [1.82, 2.24) is 9.80 Å². The van der Waals surface area contributed by atoms with Crippen LogP contribution in [0.1, 0.15) is 22.9 Å². The average Bonchev–Trinajstić information content (AvgIpc) is 3.07. The van der Waals surface area contributed by atoms with Gasteiger partial charge < -0.3 is 0 Å². The molecule has 150 valence electrons. The summed E-state index contributed by atoms with van der Waals surface area (Å²) in [6, 6.07) is 21.7. The summed E-state index contributed by atoms with van der Waals surface area (Å²) >= 11 is 25.3. The summed E-state index contributed by atoms with van der Waals surface area (Å²) in [7, 11) is 0. The van der Waals surface area contributed by atoms with Gasteiger partial charge in [-0.05, 0) is 47.5 Å². The molecule has 4 rings (SSSR count). The lowest BCUT2D eigenvalue weighted by Gasteiger charge is -2.32. The van der Waals surface area contributed by atoms with Crippen molar-refractivity contribution in [3.05, 3.63) is 104 Å². The molecule has 1 aliphatic heterocycles. The van der Waals surface area contributed by atoms with Crippen molar-refractivity contribution in [3.8, 4) is 0 Å². The summed E-state index contributed by atoms with van der Waals surface area (Å²) in [4.78, 5) is 4.82. The molecule has 0 N–H and O–H groups in total. The predicted octanol–water partition coefficient (Wildman–Crippen LogP) is 7.32. The van der Waals surface area contributed by atoms with E-state index in [1.54, 1.807) is 0 Å². The van der Waals surface area contributed by atoms with Crippen LogP contribution in [0.5, 0.6) is 0 Å². The van der Waals surface area contributed by atoms with E-state index in [0.29, 0.717) is 10.0 Å². The molecular formula is C23H20Cl4N2. The molecule has 2 nitrogen and oxygen atoms in total. The molecule has 0 radical (unpaired) electrons. The van der Waals surface area contributed by atoms with Crippen molar-refractivity contribution in [2.75, 3.05) is 13.1 Å². The van der Waals surface area contributed by atoms with E-state index in [0.717, 1.165) is 41.8 Å². The molecule has 0 aromatic heterocycles. The Balaban J connectivity index is 1.65. The molecule has 1 aliphatic rings. The Morgan fingerprint density at radius 3 is 1.45 bits per heavy atom. The number of nitrogens with zero attached hydrogens (tertiary/aromatic N) is 2. The lowest BCUT2D eigenvalue weighted by Crippen LogP contribution is -2.31. The van der Waals surface area contributed by atoms with Gasteiger partial charge in [-0.1, -0.05) is 76.7 Å². The molecule has 1 saturated heterocycles. The molecular weight excluding hydrogens is 446 g/mol. The Morgan fingerprint density at radius 2 is 1.03 bits per heavy atom. The fraction of sp³-hybridized carbons (Fsp3) is 0.217. The highest BCUT2D eigenvalue weighted by Gasteiger charge is 2.35. The normalized spacial score (nSPS) is 15.9. The zero-order valence-corrected chi connectivity index (χ0v) is 18.7. The van der Waals surface area contributed by atoms with E-state index in [1.807, 2.05) is 42.5 Å². The van der Waals surface area contributed by atoms with Crippen LogP contribution in [-0.2, 0) is 13.1 Å². The largest absolute Gasteiger partial charge is 0.278 e. The first-order valence-electron chi connectivity index (χ1n) is 9.42. The van der Waals surface area contributed by atoms with Gasteiger partial charge in [0.25, 0.3) is 0 Å². The summed E-state index contributed by atoms with van der Waals surface area (Å²) < 4.78 is 0. The number of benzene rings is 3. The summed E-state index contributed by atoms with van der Waals surface area (Å²) in [5, 5.41) is 2.86.